The van der Waals surface area contributed by atoms with Crippen molar-refractivity contribution in [1.29, 1.82) is 0 Å². The molecule has 0 spiro atoms. The summed E-state index contributed by atoms with van der Waals surface area (Å²) >= 11 is 0. The molecule has 0 aromatic carbocycles. The third-order valence-corrected chi connectivity index (χ3v) is 1.39. The third-order valence-electron chi connectivity index (χ3n) is 1.39. The van der Waals surface area contributed by atoms with Crippen LogP contribution in [0.5, 0.6) is 0 Å². The molecular weight excluding hydrogens is 224 g/mol. The Hall–Kier alpha value is -0.0105. The maximum absolute atomic E-state index is 10.5. The minimum absolute atomic E-state index is 0. The summed E-state index contributed by atoms with van der Waals surface area (Å²) in [5, 5.41) is 43.1. The van der Waals surface area contributed by atoms with E-state index in [1.165, 1.54) is 0 Å². The van der Waals surface area contributed by atoms with Gasteiger partial charge in [0.05, 0.1) is 6.61 Å². The largest absolute Gasteiger partial charge is 0.394 e. The summed E-state index contributed by atoms with van der Waals surface area (Å²) in [4.78, 5) is 10.5. The molecule has 3 atom stereocenters. The molecule has 0 saturated carbocycles. The average Bonchev–Trinajstić information content (AvgIpc) is 2.12. The van der Waals surface area contributed by atoms with Crippen LogP contribution in [0.1, 0.15) is 0 Å². The van der Waals surface area contributed by atoms with Gasteiger partial charge in [-0.25, -0.2) is 0 Å². The molecule has 0 bridgehead atoms. The molecule has 0 fully saturated rings. The molecule has 0 aliphatic carbocycles. The second kappa shape index (κ2) is 7.40. The van der Waals surface area contributed by atoms with Crippen LogP contribution in [0, 0.1) is 0 Å². The Labute approximate surface area is 85.3 Å². The maximum atomic E-state index is 10.5. The second-order valence-electron chi connectivity index (χ2n) is 2.31. The van der Waals surface area contributed by atoms with Gasteiger partial charge in [-0.1, -0.05) is 0 Å². The normalized spacial score (nSPS) is 17.0. The summed E-state index contributed by atoms with van der Waals surface area (Å²) < 4.78 is 0. The average molecular weight is 236 g/mol. The number of rotatable bonds is 5. The van der Waals surface area contributed by atoms with E-state index in [2.05, 4.69) is 0 Å². The molecule has 0 aromatic heterocycles. The number of hydrogen-bond acceptors (Lipinski definition) is 6. The van der Waals surface area contributed by atoms with Crippen LogP contribution in [0.25, 0.3) is 0 Å². The Balaban J connectivity index is 0. The van der Waals surface area contributed by atoms with E-state index in [9.17, 15) is 4.79 Å². The number of ketones is 1. The van der Waals surface area contributed by atoms with Gasteiger partial charge in [0.15, 0.2) is 5.78 Å². The minimum Gasteiger partial charge on any atom is -0.394 e. The van der Waals surface area contributed by atoms with Gasteiger partial charge in [0.25, 0.3) is 0 Å². The zero-order valence-corrected chi connectivity index (χ0v) is 7.75. The molecular formula is C6H12FeO6. The van der Waals surface area contributed by atoms with Gasteiger partial charge in [0.1, 0.15) is 24.9 Å². The molecule has 0 aliphatic rings. The number of hydrogen-bond donors (Lipinski definition) is 5. The van der Waals surface area contributed by atoms with E-state index >= 15 is 0 Å². The van der Waals surface area contributed by atoms with Gasteiger partial charge >= 0.3 is 0 Å². The number of carbonyl (C=O) groups is 1. The molecule has 3 unspecified atom stereocenters. The predicted octanol–water partition coefficient (Wildman–Crippen LogP) is -3.38. The molecule has 5 N–H and O–H groups in total. The van der Waals surface area contributed by atoms with E-state index in [4.69, 9.17) is 25.5 Å². The number of carbonyl (C=O) groups excluding carboxylic acids is 1. The van der Waals surface area contributed by atoms with Crippen molar-refractivity contribution in [2.75, 3.05) is 13.2 Å². The van der Waals surface area contributed by atoms with Crippen LogP contribution >= 0.6 is 0 Å². The van der Waals surface area contributed by atoms with E-state index in [0.717, 1.165) is 0 Å². The van der Waals surface area contributed by atoms with E-state index in [1.54, 1.807) is 0 Å². The zero-order chi connectivity index (χ0) is 9.72. The van der Waals surface area contributed by atoms with Crippen LogP contribution in [0.3, 0.4) is 0 Å². The smallest absolute Gasteiger partial charge is 0.189 e. The molecule has 0 rings (SSSR count). The summed E-state index contributed by atoms with van der Waals surface area (Å²) in [6, 6.07) is 0. The van der Waals surface area contributed by atoms with E-state index in [1.807, 2.05) is 0 Å². The summed E-state index contributed by atoms with van der Waals surface area (Å²) in [5.74, 6) is -1.00. The standard InChI is InChI=1S/C6H12O6.Fe/c7-1-3(9)5(11)6(12)4(10)2-8;/h3,5-9,11-12H,1-2H2;. The monoisotopic (exact) mass is 236 g/mol. The summed E-state index contributed by atoms with van der Waals surface area (Å²) in [5.41, 5.74) is 0. The van der Waals surface area contributed by atoms with Crippen molar-refractivity contribution in [3.8, 4) is 0 Å². The molecule has 13 heavy (non-hydrogen) atoms. The molecule has 0 saturated heterocycles. The quantitative estimate of drug-likeness (QED) is 0.318. The van der Waals surface area contributed by atoms with E-state index in [0.29, 0.717) is 0 Å². The first-order valence-electron chi connectivity index (χ1n) is 3.33. The minimum atomic E-state index is -1.86. The van der Waals surface area contributed by atoms with Gasteiger partial charge in [-0.05, 0) is 0 Å². The third kappa shape index (κ3) is 4.68. The summed E-state index contributed by atoms with van der Waals surface area (Å²) in [6.45, 7) is -1.69. The van der Waals surface area contributed by atoms with Crippen molar-refractivity contribution in [2.24, 2.45) is 0 Å². The number of aliphatic hydroxyl groups excluding tert-OH is 5. The number of Topliss-reactive ketones (excluding diaryl/α,β-unsaturated/α-hetero) is 1. The van der Waals surface area contributed by atoms with Gasteiger partial charge in [0.2, 0.25) is 0 Å². The van der Waals surface area contributed by atoms with Crippen LogP contribution < -0.4 is 0 Å². The fourth-order valence-electron chi connectivity index (χ4n) is 0.602. The maximum Gasteiger partial charge on any atom is 0.189 e. The Bertz CT molecular complexity index is 152. The van der Waals surface area contributed by atoms with Crippen LogP contribution in [0.15, 0.2) is 0 Å². The molecule has 0 radical (unpaired) electrons. The number of aliphatic hydroxyl groups is 5. The molecule has 80 valence electrons. The van der Waals surface area contributed by atoms with Crippen molar-refractivity contribution in [3.05, 3.63) is 0 Å². The first-order valence-corrected chi connectivity index (χ1v) is 3.33. The van der Waals surface area contributed by atoms with Crippen molar-refractivity contribution in [3.63, 3.8) is 0 Å². The van der Waals surface area contributed by atoms with Gasteiger partial charge in [-0.15, -0.1) is 0 Å². The Kier molecular flexibility index (Phi) is 8.80. The Morgan fingerprint density at radius 2 is 1.62 bits per heavy atom. The second-order valence-corrected chi connectivity index (χ2v) is 2.31. The first kappa shape index (κ1) is 15.5. The SMILES string of the molecule is O=C(CO)C(O)C(O)C(O)CO.[Fe]. The van der Waals surface area contributed by atoms with Crippen molar-refractivity contribution < 1.29 is 47.4 Å². The molecule has 0 heterocycles. The van der Waals surface area contributed by atoms with E-state index in [-0.39, 0.29) is 17.1 Å². The van der Waals surface area contributed by atoms with Gasteiger partial charge in [-0.3, -0.25) is 4.79 Å². The first-order chi connectivity index (χ1) is 5.54. The van der Waals surface area contributed by atoms with Crippen molar-refractivity contribution in [2.45, 2.75) is 18.3 Å². The van der Waals surface area contributed by atoms with Gasteiger partial charge < -0.3 is 25.5 Å². The van der Waals surface area contributed by atoms with Crippen LogP contribution in [0.4, 0.5) is 0 Å². The van der Waals surface area contributed by atoms with Gasteiger partial charge in [0, 0.05) is 17.1 Å². The van der Waals surface area contributed by atoms with E-state index < -0.39 is 37.3 Å². The molecule has 0 aliphatic heterocycles. The fraction of sp³-hybridized carbons (Fsp3) is 0.833. The summed E-state index contributed by atoms with van der Waals surface area (Å²) in [7, 11) is 0. The molecule has 6 nitrogen and oxygen atoms in total. The Morgan fingerprint density at radius 3 is 1.92 bits per heavy atom. The van der Waals surface area contributed by atoms with Crippen LogP contribution in [-0.4, -0.2) is 62.8 Å². The van der Waals surface area contributed by atoms with Gasteiger partial charge in [-0.2, -0.15) is 0 Å². The van der Waals surface area contributed by atoms with Crippen molar-refractivity contribution in [1.82, 2.24) is 0 Å². The summed E-state index contributed by atoms with van der Waals surface area (Å²) in [6.07, 6.45) is -5.22. The predicted molar refractivity (Wildman–Crippen MR) is 37.2 cm³/mol. The molecule has 7 heteroatoms. The molecule has 0 aromatic rings. The van der Waals surface area contributed by atoms with Crippen molar-refractivity contribution >= 4 is 5.78 Å². The fourth-order valence-corrected chi connectivity index (χ4v) is 0.602. The topological polar surface area (TPSA) is 118 Å². The van der Waals surface area contributed by atoms with Crippen LogP contribution in [0.2, 0.25) is 0 Å². The molecule has 0 amide bonds. The van der Waals surface area contributed by atoms with Crippen LogP contribution in [-0.2, 0) is 21.9 Å². The Morgan fingerprint density at radius 1 is 1.15 bits per heavy atom. The zero-order valence-electron chi connectivity index (χ0n) is 6.64.